The van der Waals surface area contributed by atoms with Crippen LogP contribution in [0.15, 0.2) is 41.7 Å². The first kappa shape index (κ1) is 14.8. The van der Waals surface area contributed by atoms with E-state index in [9.17, 15) is 4.39 Å². The molecule has 0 amide bonds. The zero-order chi connectivity index (χ0) is 13.7. The molecule has 2 atom stereocenters. The molecule has 1 aromatic rings. The highest BCUT2D eigenvalue weighted by molar-refractivity contribution is 9.10. The lowest BCUT2D eigenvalue weighted by Crippen LogP contribution is -2.07. The molecule has 0 N–H and O–H groups in total. The van der Waals surface area contributed by atoms with Gasteiger partial charge in [0.05, 0.1) is 6.04 Å². The number of hydrogen-bond donors (Lipinski definition) is 0. The van der Waals surface area contributed by atoms with Gasteiger partial charge in [-0.25, -0.2) is 14.1 Å². The SMILES string of the molecule is C=C/C=C(\C=C)C1CC(F)c2nc(Br)nn21.CC. The average molecular weight is 314 g/mol. The van der Waals surface area contributed by atoms with Gasteiger partial charge in [0.25, 0.3) is 0 Å². The van der Waals surface area contributed by atoms with Crippen LogP contribution in [-0.2, 0) is 0 Å². The fourth-order valence-corrected chi connectivity index (χ4v) is 2.23. The summed E-state index contributed by atoms with van der Waals surface area (Å²) in [5, 5.41) is 4.13. The molecular formula is C13H17BrFN3. The molecule has 2 rings (SSSR count). The molecule has 0 bridgehead atoms. The van der Waals surface area contributed by atoms with Gasteiger partial charge < -0.3 is 0 Å². The Balaban J connectivity index is 0.000000771. The summed E-state index contributed by atoms with van der Waals surface area (Å²) in [5.74, 6) is 0.369. The smallest absolute Gasteiger partial charge is 0.217 e. The Kier molecular flexibility index (Phi) is 5.47. The Morgan fingerprint density at radius 2 is 2.17 bits per heavy atom. The lowest BCUT2D eigenvalue weighted by molar-refractivity contribution is 0.328. The van der Waals surface area contributed by atoms with E-state index in [1.165, 1.54) is 0 Å². The third kappa shape index (κ3) is 2.77. The Labute approximate surface area is 115 Å². The number of hydrogen-bond acceptors (Lipinski definition) is 2. The van der Waals surface area contributed by atoms with Gasteiger partial charge in [-0.3, -0.25) is 0 Å². The molecule has 98 valence electrons. The molecule has 1 aliphatic rings. The van der Waals surface area contributed by atoms with E-state index in [0.717, 1.165) is 5.57 Å². The molecule has 18 heavy (non-hydrogen) atoms. The molecule has 0 aliphatic carbocycles. The Morgan fingerprint density at radius 1 is 1.50 bits per heavy atom. The lowest BCUT2D eigenvalue weighted by atomic mass is 10.0. The molecule has 0 fully saturated rings. The first-order chi connectivity index (χ1) is 8.67. The zero-order valence-electron chi connectivity index (χ0n) is 10.6. The van der Waals surface area contributed by atoms with Crippen molar-refractivity contribution < 1.29 is 4.39 Å². The van der Waals surface area contributed by atoms with Gasteiger partial charge in [0, 0.05) is 6.42 Å². The van der Waals surface area contributed by atoms with Crippen molar-refractivity contribution in [3.05, 3.63) is 47.5 Å². The minimum absolute atomic E-state index is 0.140. The summed E-state index contributed by atoms with van der Waals surface area (Å²) in [6, 6.07) is -0.140. The molecule has 0 aromatic carbocycles. The van der Waals surface area contributed by atoms with Gasteiger partial charge in [-0.1, -0.05) is 45.2 Å². The second-order valence-electron chi connectivity index (χ2n) is 3.51. The van der Waals surface area contributed by atoms with Gasteiger partial charge in [0.2, 0.25) is 4.73 Å². The predicted octanol–water partition coefficient (Wildman–Crippen LogP) is 4.32. The number of rotatable bonds is 3. The Morgan fingerprint density at radius 3 is 2.72 bits per heavy atom. The molecule has 0 saturated carbocycles. The monoisotopic (exact) mass is 313 g/mol. The van der Waals surface area contributed by atoms with E-state index in [-0.39, 0.29) is 6.04 Å². The summed E-state index contributed by atoms with van der Waals surface area (Å²) in [7, 11) is 0. The summed E-state index contributed by atoms with van der Waals surface area (Å²) >= 11 is 3.15. The van der Waals surface area contributed by atoms with Crippen LogP contribution in [0.25, 0.3) is 0 Å². The molecule has 3 nitrogen and oxygen atoms in total. The number of allylic oxidation sites excluding steroid dienone is 4. The topological polar surface area (TPSA) is 30.7 Å². The third-order valence-corrected chi connectivity index (χ3v) is 2.90. The third-order valence-electron chi connectivity index (χ3n) is 2.57. The molecule has 2 unspecified atom stereocenters. The van der Waals surface area contributed by atoms with Crippen LogP contribution in [0.5, 0.6) is 0 Å². The number of alkyl halides is 1. The standard InChI is InChI=1S/C11H11BrFN3.C2H6/c1-3-5-7(4-2)9-6-8(13)10-14-11(12)15-16(9)10;1-2/h3-5,8-9H,1-2,6H2;1-2H3/b7-5+;. The van der Waals surface area contributed by atoms with E-state index in [1.807, 2.05) is 19.9 Å². The van der Waals surface area contributed by atoms with Crippen molar-refractivity contribution in [1.82, 2.24) is 14.8 Å². The summed E-state index contributed by atoms with van der Waals surface area (Å²) in [4.78, 5) is 4.01. The van der Waals surface area contributed by atoms with Crippen LogP contribution in [0.2, 0.25) is 0 Å². The summed E-state index contributed by atoms with van der Waals surface area (Å²) in [6.45, 7) is 11.3. The maximum absolute atomic E-state index is 13.7. The second kappa shape index (κ2) is 6.64. The minimum Gasteiger partial charge on any atom is -0.239 e. The van der Waals surface area contributed by atoms with E-state index in [2.05, 4.69) is 39.2 Å². The molecule has 2 heterocycles. The molecule has 0 spiro atoms. The van der Waals surface area contributed by atoms with Crippen molar-refractivity contribution in [3.63, 3.8) is 0 Å². The molecule has 1 aromatic heterocycles. The fraction of sp³-hybridized carbons (Fsp3) is 0.385. The zero-order valence-corrected chi connectivity index (χ0v) is 12.2. The van der Waals surface area contributed by atoms with Gasteiger partial charge in [0.1, 0.15) is 0 Å². The van der Waals surface area contributed by atoms with Gasteiger partial charge in [-0.15, -0.1) is 5.10 Å². The van der Waals surface area contributed by atoms with E-state index >= 15 is 0 Å². The quantitative estimate of drug-likeness (QED) is 0.778. The van der Waals surface area contributed by atoms with Crippen LogP contribution < -0.4 is 0 Å². The van der Waals surface area contributed by atoms with Gasteiger partial charge in [-0.2, -0.15) is 0 Å². The largest absolute Gasteiger partial charge is 0.239 e. The predicted molar refractivity (Wildman–Crippen MR) is 75.1 cm³/mol. The van der Waals surface area contributed by atoms with Crippen LogP contribution in [-0.4, -0.2) is 14.8 Å². The number of fused-ring (bicyclic) bond motifs is 1. The van der Waals surface area contributed by atoms with Gasteiger partial charge in [0.15, 0.2) is 12.0 Å². The molecule has 5 heteroatoms. The maximum atomic E-state index is 13.7. The van der Waals surface area contributed by atoms with Crippen LogP contribution in [0.4, 0.5) is 4.39 Å². The minimum atomic E-state index is -1.07. The first-order valence-corrected chi connectivity index (χ1v) is 6.67. The van der Waals surface area contributed by atoms with Crippen molar-refractivity contribution in [1.29, 1.82) is 0 Å². The molecule has 0 saturated heterocycles. The van der Waals surface area contributed by atoms with E-state index in [4.69, 9.17) is 0 Å². The first-order valence-electron chi connectivity index (χ1n) is 5.88. The van der Waals surface area contributed by atoms with Crippen molar-refractivity contribution in [2.24, 2.45) is 0 Å². The number of aromatic nitrogens is 3. The second-order valence-corrected chi connectivity index (χ2v) is 4.22. The lowest BCUT2D eigenvalue weighted by Gasteiger charge is -2.11. The summed E-state index contributed by atoms with van der Waals surface area (Å²) in [6.07, 6.45) is 4.46. The van der Waals surface area contributed by atoms with Crippen LogP contribution in [0.1, 0.15) is 38.3 Å². The highest BCUT2D eigenvalue weighted by Gasteiger charge is 2.35. The van der Waals surface area contributed by atoms with E-state index < -0.39 is 6.17 Å². The van der Waals surface area contributed by atoms with Crippen molar-refractivity contribution in [3.8, 4) is 0 Å². The molecular weight excluding hydrogens is 297 g/mol. The van der Waals surface area contributed by atoms with Crippen molar-refractivity contribution in [2.45, 2.75) is 32.5 Å². The average Bonchev–Trinajstić information content (AvgIpc) is 2.89. The van der Waals surface area contributed by atoms with Gasteiger partial charge >= 0.3 is 0 Å². The maximum Gasteiger partial charge on any atom is 0.217 e. The highest BCUT2D eigenvalue weighted by Crippen LogP contribution is 2.40. The fourth-order valence-electron chi connectivity index (χ4n) is 1.88. The number of halogens is 2. The highest BCUT2D eigenvalue weighted by atomic mass is 79.9. The van der Waals surface area contributed by atoms with E-state index in [1.54, 1.807) is 16.8 Å². The van der Waals surface area contributed by atoms with Crippen LogP contribution in [0, 0.1) is 0 Å². The van der Waals surface area contributed by atoms with Crippen LogP contribution in [0.3, 0.4) is 0 Å². The molecule has 0 radical (unpaired) electrons. The Hall–Kier alpha value is -1.23. The number of nitrogens with zero attached hydrogens (tertiary/aromatic N) is 3. The Bertz CT molecular complexity index is 465. The van der Waals surface area contributed by atoms with E-state index in [0.29, 0.717) is 17.0 Å². The van der Waals surface area contributed by atoms with Gasteiger partial charge in [-0.05, 0) is 21.5 Å². The van der Waals surface area contributed by atoms with Crippen molar-refractivity contribution >= 4 is 15.9 Å². The summed E-state index contributed by atoms with van der Waals surface area (Å²) in [5.41, 5.74) is 0.897. The molecule has 1 aliphatic heterocycles. The summed E-state index contributed by atoms with van der Waals surface area (Å²) < 4.78 is 15.7. The van der Waals surface area contributed by atoms with Crippen LogP contribution >= 0.6 is 15.9 Å². The normalized spacial score (nSPS) is 21.9. The van der Waals surface area contributed by atoms with Crippen molar-refractivity contribution in [2.75, 3.05) is 0 Å².